The predicted octanol–water partition coefficient (Wildman–Crippen LogP) is 0.661. The minimum atomic E-state index is -0.694. The predicted molar refractivity (Wildman–Crippen MR) is 72.1 cm³/mol. The fourth-order valence-electron chi connectivity index (χ4n) is 1.37. The number of carbonyl (C=O) groups excluding carboxylic acids is 2. The van der Waals surface area contributed by atoms with Crippen LogP contribution in [0.3, 0.4) is 0 Å². The molecule has 10 heteroatoms. The highest BCUT2D eigenvalue weighted by Crippen LogP contribution is 2.13. The first-order valence-electron chi connectivity index (χ1n) is 5.94. The van der Waals surface area contributed by atoms with Gasteiger partial charge in [-0.1, -0.05) is 0 Å². The Morgan fingerprint density at radius 2 is 2.18 bits per heavy atom. The molecule has 2 N–H and O–H groups in total. The van der Waals surface area contributed by atoms with Gasteiger partial charge in [-0.25, -0.2) is 5.43 Å². The highest BCUT2D eigenvalue weighted by molar-refractivity contribution is 5.94. The van der Waals surface area contributed by atoms with E-state index in [4.69, 9.17) is 8.83 Å². The summed E-state index contributed by atoms with van der Waals surface area (Å²) < 4.78 is 9.64. The second kappa shape index (κ2) is 6.83. The Morgan fingerprint density at radius 1 is 1.36 bits per heavy atom. The Balaban J connectivity index is 1.76. The van der Waals surface area contributed by atoms with Crippen LogP contribution >= 0.6 is 0 Å². The van der Waals surface area contributed by atoms with Crippen molar-refractivity contribution in [2.45, 2.75) is 0 Å². The van der Waals surface area contributed by atoms with E-state index in [0.717, 1.165) is 12.3 Å². The summed E-state index contributed by atoms with van der Waals surface area (Å²) in [6, 6.07) is 5.48. The van der Waals surface area contributed by atoms with Gasteiger partial charge in [0.2, 0.25) is 0 Å². The number of hydrazone groups is 1. The molecule has 0 aromatic carbocycles. The van der Waals surface area contributed by atoms with Gasteiger partial charge >= 0.3 is 5.88 Å². The lowest BCUT2D eigenvalue weighted by atomic mass is 10.4. The van der Waals surface area contributed by atoms with Crippen LogP contribution in [0.25, 0.3) is 0 Å². The van der Waals surface area contributed by atoms with Crippen molar-refractivity contribution in [1.29, 1.82) is 0 Å². The van der Waals surface area contributed by atoms with Gasteiger partial charge in [0.25, 0.3) is 11.8 Å². The normalized spacial score (nSPS) is 10.5. The van der Waals surface area contributed by atoms with Crippen LogP contribution in [0.2, 0.25) is 0 Å². The third-order valence-electron chi connectivity index (χ3n) is 2.33. The third kappa shape index (κ3) is 4.03. The summed E-state index contributed by atoms with van der Waals surface area (Å²) in [6.45, 7) is -0.310. The van der Waals surface area contributed by atoms with Crippen LogP contribution in [-0.2, 0) is 4.79 Å². The monoisotopic (exact) mass is 306 g/mol. The molecule has 2 amide bonds. The molecule has 0 atom stereocenters. The number of nitrogens with zero attached hydrogens (tertiary/aromatic N) is 2. The molecular weight excluding hydrogens is 296 g/mol. The minimum absolute atomic E-state index is 0.0826. The molecule has 0 fully saturated rings. The molecule has 0 aliphatic rings. The first-order valence-corrected chi connectivity index (χ1v) is 5.94. The molecule has 10 nitrogen and oxygen atoms in total. The molecule has 2 rings (SSSR count). The quantitative estimate of drug-likeness (QED) is 0.456. The zero-order chi connectivity index (χ0) is 15.9. The maximum atomic E-state index is 11.5. The summed E-state index contributed by atoms with van der Waals surface area (Å²) in [5.41, 5.74) is 2.13. The van der Waals surface area contributed by atoms with E-state index in [1.165, 1.54) is 18.4 Å². The van der Waals surface area contributed by atoms with E-state index in [0.29, 0.717) is 0 Å². The fraction of sp³-hybridized carbons (Fsp3) is 0.0833. The highest BCUT2D eigenvalue weighted by atomic mass is 16.6. The average Bonchev–Trinajstić information content (AvgIpc) is 3.16. The summed E-state index contributed by atoms with van der Waals surface area (Å²) in [5.74, 6) is -1.37. The molecule has 0 bridgehead atoms. The van der Waals surface area contributed by atoms with Gasteiger partial charge in [-0.3, -0.25) is 19.7 Å². The minimum Gasteiger partial charge on any atom is -0.459 e. The molecule has 0 saturated carbocycles. The number of hydrogen-bond acceptors (Lipinski definition) is 7. The number of hydrogen-bond donors (Lipinski definition) is 2. The number of nitrogens with one attached hydrogen (secondary N) is 2. The molecular formula is C12H10N4O6. The maximum Gasteiger partial charge on any atom is 0.433 e. The lowest BCUT2D eigenvalue weighted by Crippen LogP contribution is -2.34. The van der Waals surface area contributed by atoms with E-state index >= 15 is 0 Å². The summed E-state index contributed by atoms with van der Waals surface area (Å²) in [4.78, 5) is 32.6. The zero-order valence-corrected chi connectivity index (χ0v) is 11.0. The lowest BCUT2D eigenvalue weighted by molar-refractivity contribution is -0.402. The molecule has 0 aliphatic heterocycles. The molecule has 0 unspecified atom stereocenters. The Kier molecular flexibility index (Phi) is 4.65. The van der Waals surface area contributed by atoms with Gasteiger partial charge in [0, 0.05) is 0 Å². The molecule has 2 aromatic heterocycles. The van der Waals surface area contributed by atoms with Crippen molar-refractivity contribution >= 4 is 23.9 Å². The van der Waals surface area contributed by atoms with Crippen LogP contribution in [0.4, 0.5) is 5.88 Å². The van der Waals surface area contributed by atoms with Gasteiger partial charge in [0.05, 0.1) is 25.1 Å². The number of furan rings is 2. The summed E-state index contributed by atoms with van der Waals surface area (Å²) >= 11 is 0. The molecule has 114 valence electrons. The van der Waals surface area contributed by atoms with Gasteiger partial charge in [0.1, 0.15) is 4.92 Å². The number of amides is 2. The Morgan fingerprint density at radius 3 is 2.82 bits per heavy atom. The van der Waals surface area contributed by atoms with Gasteiger partial charge in [0.15, 0.2) is 11.5 Å². The smallest absolute Gasteiger partial charge is 0.433 e. The molecule has 0 spiro atoms. The van der Waals surface area contributed by atoms with Crippen molar-refractivity contribution in [1.82, 2.24) is 10.7 Å². The van der Waals surface area contributed by atoms with E-state index in [2.05, 4.69) is 15.8 Å². The van der Waals surface area contributed by atoms with Crippen LogP contribution in [0.15, 0.2) is 44.5 Å². The van der Waals surface area contributed by atoms with Crippen molar-refractivity contribution < 1.29 is 23.3 Å². The van der Waals surface area contributed by atoms with Crippen LogP contribution in [0, 0.1) is 10.1 Å². The first-order chi connectivity index (χ1) is 10.6. The number of rotatable bonds is 6. The van der Waals surface area contributed by atoms with E-state index < -0.39 is 22.6 Å². The lowest BCUT2D eigenvalue weighted by Gasteiger charge is -2.01. The Bertz CT molecular complexity index is 703. The Hall–Kier alpha value is -3.43. The van der Waals surface area contributed by atoms with E-state index in [-0.39, 0.29) is 18.1 Å². The van der Waals surface area contributed by atoms with Crippen LogP contribution in [0.1, 0.15) is 16.3 Å². The van der Waals surface area contributed by atoms with Crippen molar-refractivity contribution in [3.8, 4) is 0 Å². The first kappa shape index (κ1) is 15.0. The average molecular weight is 306 g/mol. The largest absolute Gasteiger partial charge is 0.459 e. The molecule has 0 aliphatic carbocycles. The van der Waals surface area contributed by atoms with E-state index in [9.17, 15) is 19.7 Å². The number of nitro groups is 1. The van der Waals surface area contributed by atoms with Gasteiger partial charge < -0.3 is 14.2 Å². The fourth-order valence-corrected chi connectivity index (χ4v) is 1.37. The molecule has 0 saturated heterocycles. The second-order valence-electron chi connectivity index (χ2n) is 3.89. The topological polar surface area (TPSA) is 140 Å². The standard InChI is InChI=1S/C12H10N4O6/c17-10(7-13-12(18)9-2-1-5-21-9)15-14-6-8-3-4-11(22-8)16(19)20/h1-6H,7H2,(H,13,18)(H,15,17). The van der Waals surface area contributed by atoms with Crippen LogP contribution in [-0.4, -0.2) is 29.5 Å². The van der Waals surface area contributed by atoms with Crippen molar-refractivity contribution in [2.75, 3.05) is 6.54 Å². The third-order valence-corrected chi connectivity index (χ3v) is 2.33. The zero-order valence-electron chi connectivity index (χ0n) is 11.0. The van der Waals surface area contributed by atoms with Crippen LogP contribution < -0.4 is 10.7 Å². The summed E-state index contributed by atoms with van der Waals surface area (Å²) in [5, 5.41) is 16.3. The van der Waals surface area contributed by atoms with Crippen molar-refractivity contribution in [3.63, 3.8) is 0 Å². The van der Waals surface area contributed by atoms with E-state index in [1.807, 2.05) is 0 Å². The molecule has 0 radical (unpaired) electrons. The molecule has 2 heterocycles. The van der Waals surface area contributed by atoms with Crippen molar-refractivity contribution in [2.24, 2.45) is 5.10 Å². The van der Waals surface area contributed by atoms with E-state index in [1.54, 1.807) is 6.07 Å². The van der Waals surface area contributed by atoms with Gasteiger partial charge in [-0.2, -0.15) is 5.10 Å². The highest BCUT2D eigenvalue weighted by Gasteiger charge is 2.11. The van der Waals surface area contributed by atoms with Crippen molar-refractivity contribution in [3.05, 3.63) is 52.2 Å². The maximum absolute atomic E-state index is 11.5. The SMILES string of the molecule is O=C(CNC(=O)c1ccco1)NN=Cc1ccc([N+](=O)[O-])o1. The summed E-state index contributed by atoms with van der Waals surface area (Å²) in [7, 11) is 0. The van der Waals surface area contributed by atoms with Gasteiger partial charge in [-0.05, 0) is 18.2 Å². The Labute approximate surface area is 122 Å². The molecule has 2 aromatic rings. The number of carbonyl (C=O) groups is 2. The summed E-state index contributed by atoms with van der Waals surface area (Å²) in [6.07, 6.45) is 2.43. The molecule has 22 heavy (non-hydrogen) atoms. The van der Waals surface area contributed by atoms with Crippen LogP contribution in [0.5, 0.6) is 0 Å². The second-order valence-corrected chi connectivity index (χ2v) is 3.89. The van der Waals surface area contributed by atoms with Gasteiger partial charge in [-0.15, -0.1) is 0 Å².